The van der Waals surface area contributed by atoms with E-state index >= 15 is 0 Å². The fourth-order valence-corrected chi connectivity index (χ4v) is 7.79. The number of carbonyl (C=O) groups excluding carboxylic acids is 2. The Hall–Kier alpha value is -4.00. The molecule has 6 heteroatoms. The highest BCUT2D eigenvalue weighted by Crippen LogP contribution is 2.17. The van der Waals surface area contributed by atoms with E-state index in [-0.39, 0.29) is 24.9 Å². The second-order valence-corrected chi connectivity index (χ2v) is 18.5. The first-order valence-corrected chi connectivity index (χ1v) is 28.1. The van der Waals surface area contributed by atoms with Crippen molar-refractivity contribution in [2.45, 2.75) is 244 Å². The molecule has 3 N–H and O–H groups in total. The summed E-state index contributed by atoms with van der Waals surface area (Å²) >= 11 is 0. The summed E-state index contributed by atoms with van der Waals surface area (Å²) in [6.07, 6.45) is 77.9. The standard InChI is InChI=1S/C63H103NO5/c1-4-7-10-13-16-19-22-25-28-31-34-37-40-43-46-49-52-55-61(66)60(58-65)64-62(67)57-59(54-51-48-45-42-39-36-33-30-27-24-21-18-15-12-9-6-3)69-63(68)56-53-50-47-44-41-38-35-32-29-26-23-20-17-14-11-8-5-2/h8,11-12,14-15,17-18,20-21,23-24,26-27,29-30,32-33,35-36,38-39,41,59-61,65-66H,4-7,9-10,13,16,19,22,25,28,31,34,37,40,42-58H2,1-3H3,(H,64,67)/b11-8-,15-12+,17-14+,21-18+,23-20+,27-24+,29-26-,33-30+,35-32+,39-36+,41-38+. The highest BCUT2D eigenvalue weighted by atomic mass is 16.5. The van der Waals surface area contributed by atoms with Crippen molar-refractivity contribution in [3.63, 3.8) is 0 Å². The second kappa shape index (κ2) is 54.9. The molecule has 0 fully saturated rings. The molecule has 0 heterocycles. The van der Waals surface area contributed by atoms with Crippen LogP contribution >= 0.6 is 0 Å². The predicted octanol–water partition coefficient (Wildman–Crippen LogP) is 17.4. The van der Waals surface area contributed by atoms with E-state index in [9.17, 15) is 19.8 Å². The van der Waals surface area contributed by atoms with Gasteiger partial charge < -0.3 is 20.3 Å². The molecule has 390 valence electrons. The van der Waals surface area contributed by atoms with Gasteiger partial charge in [-0.05, 0) is 64.2 Å². The van der Waals surface area contributed by atoms with Gasteiger partial charge in [0.25, 0.3) is 0 Å². The number of esters is 1. The maximum absolute atomic E-state index is 13.3. The number of carbonyl (C=O) groups is 2. The van der Waals surface area contributed by atoms with Crippen molar-refractivity contribution in [3.8, 4) is 0 Å². The van der Waals surface area contributed by atoms with Gasteiger partial charge in [0.05, 0.1) is 25.2 Å². The van der Waals surface area contributed by atoms with Gasteiger partial charge in [-0.1, -0.05) is 283 Å². The van der Waals surface area contributed by atoms with Crippen molar-refractivity contribution in [1.29, 1.82) is 0 Å². The van der Waals surface area contributed by atoms with Gasteiger partial charge in [0, 0.05) is 6.42 Å². The summed E-state index contributed by atoms with van der Waals surface area (Å²) in [7, 11) is 0. The van der Waals surface area contributed by atoms with Crippen LogP contribution in [-0.2, 0) is 14.3 Å². The van der Waals surface area contributed by atoms with Gasteiger partial charge in [-0.3, -0.25) is 9.59 Å². The molecule has 0 bridgehead atoms. The molecule has 3 unspecified atom stereocenters. The zero-order valence-corrected chi connectivity index (χ0v) is 44.4. The first-order valence-electron chi connectivity index (χ1n) is 28.1. The first kappa shape index (κ1) is 65.0. The molecule has 0 aliphatic rings. The number of hydrogen-bond donors (Lipinski definition) is 3. The van der Waals surface area contributed by atoms with Crippen LogP contribution in [0.3, 0.4) is 0 Å². The minimum absolute atomic E-state index is 0.0218. The Morgan fingerprint density at radius 1 is 0.435 bits per heavy atom. The van der Waals surface area contributed by atoms with E-state index in [1.54, 1.807) is 0 Å². The number of ether oxygens (including phenoxy) is 1. The summed E-state index contributed by atoms with van der Waals surface area (Å²) < 4.78 is 5.91. The van der Waals surface area contributed by atoms with Crippen molar-refractivity contribution >= 4 is 11.9 Å². The maximum Gasteiger partial charge on any atom is 0.306 e. The predicted molar refractivity (Wildman–Crippen MR) is 300 cm³/mol. The second-order valence-electron chi connectivity index (χ2n) is 18.5. The van der Waals surface area contributed by atoms with Gasteiger partial charge in [-0.2, -0.15) is 0 Å². The number of allylic oxidation sites excluding steroid dienone is 22. The number of nitrogens with one attached hydrogen (secondary N) is 1. The quantitative estimate of drug-likeness (QED) is 0.0321. The van der Waals surface area contributed by atoms with Crippen molar-refractivity contribution in [2.75, 3.05) is 6.61 Å². The molecule has 0 aliphatic carbocycles. The van der Waals surface area contributed by atoms with E-state index in [1.165, 1.54) is 89.9 Å². The molecule has 0 aliphatic heterocycles. The van der Waals surface area contributed by atoms with Crippen LogP contribution in [0, 0.1) is 0 Å². The Bertz CT molecular complexity index is 1490. The van der Waals surface area contributed by atoms with Gasteiger partial charge in [0.2, 0.25) is 5.91 Å². The minimum Gasteiger partial charge on any atom is -0.462 e. The molecule has 0 radical (unpaired) electrons. The molecular weight excluding hydrogens is 851 g/mol. The number of aliphatic hydroxyl groups excluding tert-OH is 2. The van der Waals surface area contributed by atoms with Gasteiger partial charge in [-0.25, -0.2) is 0 Å². The summed E-state index contributed by atoms with van der Waals surface area (Å²) in [5, 5.41) is 23.9. The third-order valence-corrected chi connectivity index (χ3v) is 12.0. The lowest BCUT2D eigenvalue weighted by Crippen LogP contribution is -2.46. The fourth-order valence-electron chi connectivity index (χ4n) is 7.79. The smallest absolute Gasteiger partial charge is 0.306 e. The molecule has 0 spiro atoms. The number of rotatable bonds is 48. The topological polar surface area (TPSA) is 95.9 Å². The van der Waals surface area contributed by atoms with Crippen LogP contribution in [0.4, 0.5) is 0 Å². The lowest BCUT2D eigenvalue weighted by atomic mass is 10.0. The van der Waals surface area contributed by atoms with Gasteiger partial charge in [0.1, 0.15) is 6.10 Å². The van der Waals surface area contributed by atoms with Crippen LogP contribution < -0.4 is 5.32 Å². The summed E-state index contributed by atoms with van der Waals surface area (Å²) in [5.41, 5.74) is 0. The minimum atomic E-state index is -0.819. The lowest BCUT2D eigenvalue weighted by Gasteiger charge is -2.24. The van der Waals surface area contributed by atoms with Crippen molar-refractivity contribution < 1.29 is 24.5 Å². The molecule has 0 aromatic rings. The third-order valence-electron chi connectivity index (χ3n) is 12.0. The molecule has 3 atom stereocenters. The van der Waals surface area contributed by atoms with Crippen molar-refractivity contribution in [3.05, 3.63) is 134 Å². The van der Waals surface area contributed by atoms with E-state index in [4.69, 9.17) is 4.74 Å². The molecule has 1 amide bonds. The normalized spacial score (nSPS) is 14.2. The average molecular weight is 955 g/mol. The highest BCUT2D eigenvalue weighted by molar-refractivity contribution is 5.77. The number of unbranched alkanes of at least 4 members (excludes halogenated alkanes) is 23. The number of aliphatic hydroxyl groups is 2. The summed E-state index contributed by atoms with van der Waals surface area (Å²) in [6.45, 7) is 6.23. The van der Waals surface area contributed by atoms with E-state index in [0.29, 0.717) is 19.3 Å². The Kier molecular flexibility index (Phi) is 51.7. The first-order chi connectivity index (χ1) is 34.0. The van der Waals surface area contributed by atoms with Crippen molar-refractivity contribution in [2.24, 2.45) is 0 Å². The van der Waals surface area contributed by atoms with Gasteiger partial charge in [0.15, 0.2) is 0 Å². The number of hydrogen-bond acceptors (Lipinski definition) is 5. The Labute approximate surface area is 424 Å². The molecule has 0 rings (SSSR count). The zero-order valence-electron chi connectivity index (χ0n) is 44.4. The van der Waals surface area contributed by atoms with Crippen molar-refractivity contribution in [1.82, 2.24) is 5.32 Å². The molecule has 0 aromatic carbocycles. The van der Waals surface area contributed by atoms with E-state index in [2.05, 4.69) is 68.6 Å². The fraction of sp³-hybridized carbons (Fsp3) is 0.619. The maximum atomic E-state index is 13.3. The Morgan fingerprint density at radius 2 is 0.812 bits per heavy atom. The lowest BCUT2D eigenvalue weighted by molar-refractivity contribution is -0.151. The molecule has 69 heavy (non-hydrogen) atoms. The van der Waals surface area contributed by atoms with E-state index < -0.39 is 18.2 Å². The molecule has 0 aromatic heterocycles. The summed E-state index contributed by atoms with van der Waals surface area (Å²) in [6, 6.07) is -0.737. The molecule has 6 nitrogen and oxygen atoms in total. The van der Waals surface area contributed by atoms with Crippen LogP contribution in [0.1, 0.15) is 226 Å². The van der Waals surface area contributed by atoms with Crippen LogP contribution in [0.5, 0.6) is 0 Å². The van der Waals surface area contributed by atoms with Gasteiger partial charge in [-0.15, -0.1) is 0 Å². The van der Waals surface area contributed by atoms with Crippen LogP contribution in [-0.4, -0.2) is 46.9 Å². The summed E-state index contributed by atoms with van der Waals surface area (Å²) in [4.78, 5) is 26.3. The molecule has 0 saturated carbocycles. The van der Waals surface area contributed by atoms with E-state index in [1.807, 2.05) is 91.1 Å². The van der Waals surface area contributed by atoms with Crippen LogP contribution in [0.2, 0.25) is 0 Å². The zero-order chi connectivity index (χ0) is 50.2. The average Bonchev–Trinajstić information content (AvgIpc) is 3.34. The largest absolute Gasteiger partial charge is 0.462 e. The highest BCUT2D eigenvalue weighted by Gasteiger charge is 2.24. The Morgan fingerprint density at radius 3 is 1.25 bits per heavy atom. The van der Waals surface area contributed by atoms with Crippen LogP contribution in [0.25, 0.3) is 0 Å². The third kappa shape index (κ3) is 50.2. The van der Waals surface area contributed by atoms with E-state index in [0.717, 1.165) is 89.9 Å². The SMILES string of the molecule is CC\C=C/C=C/C=C/C=C\C=C\C=C\CCCCCC(=O)OC(CCCCC/C=C/C=C/C=C/C=C/C=C/CCC)CC(=O)NC(CO)C(O)CCCCCCCCCCCCCCCCCCC. The monoisotopic (exact) mass is 954 g/mol. The summed E-state index contributed by atoms with van der Waals surface area (Å²) in [5.74, 6) is -0.578. The number of amides is 1. The van der Waals surface area contributed by atoms with Gasteiger partial charge >= 0.3 is 5.97 Å². The van der Waals surface area contributed by atoms with Crippen LogP contribution in [0.15, 0.2) is 134 Å². The molecule has 0 saturated heterocycles. The molecular formula is C63H103NO5. The Balaban J connectivity index is 4.75.